The number of alkyl halides is 4. The van der Waals surface area contributed by atoms with Crippen LogP contribution in [0.4, 0.5) is 22.0 Å². The smallest absolute Gasteiger partial charge is 0.335 e. The summed E-state index contributed by atoms with van der Waals surface area (Å²) in [5.74, 6) is -2.47. The Morgan fingerprint density at radius 1 is 1.11 bits per heavy atom. The fraction of sp³-hybridized carbons (Fsp3) is 0.364. The molecule has 0 spiro atoms. The van der Waals surface area contributed by atoms with E-state index in [1.165, 1.54) is 24.3 Å². The fourth-order valence-corrected chi connectivity index (χ4v) is 5.27. The number of sulfone groups is 1. The topological polar surface area (TPSA) is 78.8 Å². The zero-order valence-electron chi connectivity index (χ0n) is 18.5. The SMILES string of the molecule is CS(=O)(=O)CC(=O)N1CC(F)(c2ccc(C3=NNC(c4cc(Cl)c(F)c(Cl)c4)(C(F)(F)F)C3)cc2)C1. The highest BCUT2D eigenvalue weighted by atomic mass is 35.5. The molecule has 0 aromatic heterocycles. The number of benzene rings is 2. The van der Waals surface area contributed by atoms with Gasteiger partial charge < -0.3 is 4.90 Å². The highest BCUT2D eigenvalue weighted by Gasteiger charge is 2.59. The lowest BCUT2D eigenvalue weighted by Gasteiger charge is -2.44. The van der Waals surface area contributed by atoms with Gasteiger partial charge >= 0.3 is 6.18 Å². The Morgan fingerprint density at radius 2 is 1.67 bits per heavy atom. The monoisotopic (exact) mass is 569 g/mol. The molecular formula is C22H18Cl2F5N3O3S. The molecule has 1 fully saturated rings. The standard InChI is InChI=1S/C22H18Cl2F5N3O3S/c1-36(34,35)9-18(33)32-10-20(26,11-32)13-4-2-12(3-5-13)17-8-21(31-30-17,22(27,28)29)14-6-15(23)19(25)16(24)7-14/h2-7,31H,8-11H2,1H3. The molecule has 4 rings (SSSR count). The highest BCUT2D eigenvalue weighted by molar-refractivity contribution is 7.91. The van der Waals surface area contributed by atoms with Gasteiger partial charge in [0.15, 0.2) is 26.9 Å². The van der Waals surface area contributed by atoms with Crippen LogP contribution >= 0.6 is 23.2 Å². The molecule has 1 amide bonds. The van der Waals surface area contributed by atoms with Gasteiger partial charge in [-0.3, -0.25) is 10.2 Å². The summed E-state index contributed by atoms with van der Waals surface area (Å²) in [6.07, 6.45) is -4.62. The van der Waals surface area contributed by atoms with Crippen molar-refractivity contribution in [2.24, 2.45) is 5.10 Å². The van der Waals surface area contributed by atoms with Gasteiger partial charge in [-0.1, -0.05) is 47.5 Å². The Labute approximate surface area is 213 Å². The molecule has 0 saturated carbocycles. The van der Waals surface area contributed by atoms with Crippen molar-refractivity contribution in [1.82, 2.24) is 10.3 Å². The van der Waals surface area contributed by atoms with E-state index in [1.54, 1.807) is 0 Å². The lowest BCUT2D eigenvalue weighted by atomic mass is 9.83. The molecule has 194 valence electrons. The summed E-state index contributed by atoms with van der Waals surface area (Å²) in [4.78, 5) is 13.0. The van der Waals surface area contributed by atoms with Crippen molar-refractivity contribution in [3.05, 3.63) is 69.0 Å². The van der Waals surface area contributed by atoms with Crippen molar-refractivity contribution < 1.29 is 35.2 Å². The summed E-state index contributed by atoms with van der Waals surface area (Å²) in [6.45, 7) is -0.682. The van der Waals surface area contributed by atoms with E-state index in [1.807, 2.05) is 0 Å². The van der Waals surface area contributed by atoms with Crippen molar-refractivity contribution in [3.63, 3.8) is 0 Å². The molecule has 2 aromatic rings. The lowest BCUT2D eigenvalue weighted by Crippen LogP contribution is -2.59. The molecule has 0 radical (unpaired) electrons. The lowest BCUT2D eigenvalue weighted by molar-refractivity contribution is -0.196. The van der Waals surface area contributed by atoms with Crippen LogP contribution in [-0.4, -0.2) is 56.2 Å². The summed E-state index contributed by atoms with van der Waals surface area (Å²) in [5, 5.41) is 2.70. The fourth-order valence-electron chi connectivity index (χ4n) is 4.15. The number of nitrogens with zero attached hydrogens (tertiary/aromatic N) is 2. The number of likely N-dealkylation sites (tertiary alicyclic amines) is 1. The van der Waals surface area contributed by atoms with Crippen molar-refractivity contribution in [2.45, 2.75) is 23.8 Å². The molecule has 36 heavy (non-hydrogen) atoms. The van der Waals surface area contributed by atoms with Crippen LogP contribution in [0.2, 0.25) is 10.0 Å². The second-order valence-corrected chi connectivity index (χ2v) is 11.8. The number of amides is 1. The third-order valence-corrected chi connectivity index (χ3v) is 7.45. The molecule has 2 aliphatic heterocycles. The maximum atomic E-state index is 15.2. The van der Waals surface area contributed by atoms with Gasteiger partial charge in [0.25, 0.3) is 0 Å². The van der Waals surface area contributed by atoms with Crippen molar-refractivity contribution in [1.29, 1.82) is 0 Å². The first kappa shape index (κ1) is 26.6. The molecule has 0 aliphatic carbocycles. The molecule has 2 aliphatic rings. The van der Waals surface area contributed by atoms with E-state index in [0.717, 1.165) is 23.3 Å². The number of carbonyl (C=O) groups excluding carboxylic acids is 1. The molecule has 0 bridgehead atoms. The minimum atomic E-state index is -4.86. The summed E-state index contributed by atoms with van der Waals surface area (Å²) in [5.41, 5.74) is -2.46. The van der Waals surface area contributed by atoms with Crippen LogP contribution in [0.15, 0.2) is 41.5 Å². The Kier molecular flexibility index (Phi) is 6.54. The van der Waals surface area contributed by atoms with Gasteiger partial charge in [-0.05, 0) is 28.8 Å². The van der Waals surface area contributed by atoms with Crippen LogP contribution in [0.1, 0.15) is 23.1 Å². The second-order valence-electron chi connectivity index (χ2n) is 8.87. The number of hydrazone groups is 1. The van der Waals surface area contributed by atoms with E-state index < -0.39 is 66.7 Å². The van der Waals surface area contributed by atoms with Gasteiger partial charge in [-0.25, -0.2) is 17.2 Å². The Morgan fingerprint density at radius 3 is 2.17 bits per heavy atom. The number of nitrogens with one attached hydrogen (secondary N) is 1. The maximum Gasteiger partial charge on any atom is 0.417 e. The summed E-state index contributed by atoms with van der Waals surface area (Å²) in [7, 11) is -3.55. The van der Waals surface area contributed by atoms with Crippen LogP contribution in [0.3, 0.4) is 0 Å². The quantitative estimate of drug-likeness (QED) is 0.429. The Bertz CT molecular complexity index is 1340. The van der Waals surface area contributed by atoms with E-state index in [9.17, 15) is 30.8 Å². The molecule has 6 nitrogen and oxygen atoms in total. The summed E-state index contributed by atoms with van der Waals surface area (Å²) < 4.78 is 94.1. The molecule has 1 saturated heterocycles. The third kappa shape index (κ3) is 4.78. The van der Waals surface area contributed by atoms with E-state index in [2.05, 4.69) is 10.5 Å². The number of hydrogen-bond acceptors (Lipinski definition) is 5. The minimum absolute atomic E-state index is 0.0157. The van der Waals surface area contributed by atoms with Crippen LogP contribution in [0.25, 0.3) is 0 Å². The third-order valence-electron chi connectivity index (χ3n) is 6.13. The minimum Gasteiger partial charge on any atom is -0.335 e. The normalized spacial score (nSPS) is 21.6. The second kappa shape index (κ2) is 8.84. The van der Waals surface area contributed by atoms with E-state index >= 15 is 4.39 Å². The van der Waals surface area contributed by atoms with Gasteiger partial charge in [0, 0.05) is 12.7 Å². The predicted molar refractivity (Wildman–Crippen MR) is 124 cm³/mol. The van der Waals surface area contributed by atoms with Gasteiger partial charge in [0.05, 0.1) is 28.8 Å². The maximum absolute atomic E-state index is 15.2. The summed E-state index contributed by atoms with van der Waals surface area (Å²) in [6, 6.07) is 7.21. The van der Waals surface area contributed by atoms with Crippen molar-refractivity contribution in [3.8, 4) is 0 Å². The molecule has 14 heteroatoms. The zero-order valence-corrected chi connectivity index (χ0v) is 20.8. The van der Waals surface area contributed by atoms with Crippen LogP contribution < -0.4 is 5.43 Å². The van der Waals surface area contributed by atoms with E-state index in [0.29, 0.717) is 0 Å². The van der Waals surface area contributed by atoms with Crippen LogP contribution in [0.5, 0.6) is 0 Å². The molecule has 1 N–H and O–H groups in total. The molecule has 2 aromatic carbocycles. The first-order valence-electron chi connectivity index (χ1n) is 10.4. The summed E-state index contributed by atoms with van der Waals surface area (Å²) >= 11 is 11.4. The Hall–Kier alpha value is -2.44. The van der Waals surface area contributed by atoms with Crippen LogP contribution in [-0.2, 0) is 25.8 Å². The molecular weight excluding hydrogens is 552 g/mol. The molecule has 1 unspecified atom stereocenters. The van der Waals surface area contributed by atoms with Crippen molar-refractivity contribution in [2.75, 3.05) is 25.1 Å². The van der Waals surface area contributed by atoms with Crippen molar-refractivity contribution >= 4 is 44.7 Å². The number of hydrogen-bond donors (Lipinski definition) is 1. The Balaban J connectivity index is 1.52. The average molecular weight is 570 g/mol. The van der Waals surface area contributed by atoms with Gasteiger partial charge in [-0.2, -0.15) is 18.3 Å². The predicted octanol–water partition coefficient (Wildman–Crippen LogP) is 4.34. The number of halogens is 7. The van der Waals surface area contributed by atoms with Crippen LogP contribution in [0, 0.1) is 5.82 Å². The molecule has 1 atom stereocenters. The van der Waals surface area contributed by atoms with Gasteiger partial charge in [-0.15, -0.1) is 0 Å². The van der Waals surface area contributed by atoms with Gasteiger partial charge in [0.2, 0.25) is 5.91 Å². The largest absolute Gasteiger partial charge is 0.417 e. The first-order chi connectivity index (χ1) is 16.5. The molecule has 2 heterocycles. The van der Waals surface area contributed by atoms with E-state index in [-0.39, 0.29) is 29.9 Å². The average Bonchev–Trinajstić information content (AvgIpc) is 3.21. The highest BCUT2D eigenvalue weighted by Crippen LogP contribution is 2.47. The number of carbonyl (C=O) groups is 1. The number of rotatable bonds is 5. The van der Waals surface area contributed by atoms with E-state index in [4.69, 9.17) is 23.2 Å². The zero-order chi connectivity index (χ0) is 26.7. The first-order valence-corrected chi connectivity index (χ1v) is 13.2. The van der Waals surface area contributed by atoms with Gasteiger partial charge in [0.1, 0.15) is 5.75 Å².